The molecule has 0 saturated heterocycles. The molecule has 2 aromatic rings. The van der Waals surface area contributed by atoms with Crippen molar-refractivity contribution in [3.05, 3.63) is 29.8 Å². The van der Waals surface area contributed by atoms with Crippen LogP contribution in [0, 0.1) is 5.82 Å². The zero-order chi connectivity index (χ0) is 11.7. The lowest BCUT2D eigenvalue weighted by molar-refractivity contribution is 0.438. The van der Waals surface area contributed by atoms with Crippen LogP contribution in [0.1, 0.15) is 25.3 Å². The summed E-state index contributed by atoms with van der Waals surface area (Å²) in [6, 6.07) is 1.36. The van der Waals surface area contributed by atoms with Gasteiger partial charge in [-0.3, -0.25) is 4.98 Å². The van der Waals surface area contributed by atoms with E-state index in [4.69, 9.17) is 10.3 Å². The second-order valence-electron chi connectivity index (χ2n) is 3.86. The van der Waals surface area contributed by atoms with Crippen molar-refractivity contribution in [3.63, 3.8) is 0 Å². The molecule has 0 aliphatic heterocycles. The smallest absolute Gasteiger partial charge is 0.226 e. The summed E-state index contributed by atoms with van der Waals surface area (Å²) in [6.07, 6.45) is 2.67. The van der Waals surface area contributed by atoms with E-state index in [9.17, 15) is 4.39 Å². The van der Waals surface area contributed by atoms with Crippen molar-refractivity contribution < 1.29 is 8.91 Å². The summed E-state index contributed by atoms with van der Waals surface area (Å²) in [5.41, 5.74) is 7.59. The maximum absolute atomic E-state index is 13.0. The maximum atomic E-state index is 13.0. The van der Waals surface area contributed by atoms with Crippen molar-refractivity contribution in [1.82, 2.24) is 10.1 Å². The molecule has 0 aliphatic carbocycles. The quantitative estimate of drug-likeness (QED) is 0.846. The minimum Gasteiger partial charge on any atom is -0.367 e. The average Bonchev–Trinajstić information content (AvgIpc) is 2.60. The van der Waals surface area contributed by atoms with Crippen LogP contribution >= 0.6 is 0 Å². The Kier molecular flexibility index (Phi) is 2.60. The minimum atomic E-state index is -0.409. The first-order valence-corrected chi connectivity index (χ1v) is 4.95. The minimum absolute atomic E-state index is 0.157. The highest BCUT2D eigenvalue weighted by Gasteiger charge is 2.18. The Morgan fingerprint density at radius 1 is 1.38 bits per heavy atom. The second-order valence-corrected chi connectivity index (χ2v) is 3.86. The van der Waals surface area contributed by atoms with Gasteiger partial charge in [-0.05, 0) is 12.0 Å². The van der Waals surface area contributed by atoms with E-state index < -0.39 is 5.82 Å². The van der Waals surface area contributed by atoms with E-state index in [-0.39, 0.29) is 11.8 Å². The average molecular weight is 221 g/mol. The molecule has 16 heavy (non-hydrogen) atoms. The SMILES string of the molecule is CC(C)c1c(-c2cncc(F)c2)noc1N. The van der Waals surface area contributed by atoms with E-state index in [2.05, 4.69) is 10.1 Å². The Balaban J connectivity index is 2.56. The van der Waals surface area contributed by atoms with Crippen LogP contribution in [-0.4, -0.2) is 10.1 Å². The van der Waals surface area contributed by atoms with Gasteiger partial charge in [-0.1, -0.05) is 19.0 Å². The van der Waals surface area contributed by atoms with E-state index in [0.717, 1.165) is 11.8 Å². The van der Waals surface area contributed by atoms with Crippen molar-refractivity contribution in [1.29, 1.82) is 0 Å². The van der Waals surface area contributed by atoms with Crippen LogP contribution in [-0.2, 0) is 0 Å². The monoisotopic (exact) mass is 221 g/mol. The van der Waals surface area contributed by atoms with E-state index in [1.807, 2.05) is 13.8 Å². The predicted molar refractivity (Wildman–Crippen MR) is 58.2 cm³/mol. The lowest BCUT2D eigenvalue weighted by Gasteiger charge is -2.04. The Labute approximate surface area is 92.3 Å². The highest BCUT2D eigenvalue weighted by molar-refractivity contribution is 5.67. The number of rotatable bonds is 2. The molecule has 2 heterocycles. The van der Waals surface area contributed by atoms with Gasteiger partial charge in [0.05, 0.1) is 6.20 Å². The molecule has 0 aromatic carbocycles. The number of aromatic nitrogens is 2. The first-order valence-electron chi connectivity index (χ1n) is 4.95. The second kappa shape index (κ2) is 3.92. The number of nitrogens with two attached hydrogens (primary N) is 1. The molecule has 2 aromatic heterocycles. The fourth-order valence-electron chi connectivity index (χ4n) is 1.62. The van der Waals surface area contributed by atoms with Crippen molar-refractivity contribution in [3.8, 4) is 11.3 Å². The molecule has 2 N–H and O–H groups in total. The molecule has 0 aliphatic rings. The topological polar surface area (TPSA) is 64.9 Å². The Morgan fingerprint density at radius 3 is 2.75 bits per heavy atom. The highest BCUT2D eigenvalue weighted by atomic mass is 19.1. The molecule has 0 fully saturated rings. The number of halogens is 1. The first-order chi connectivity index (χ1) is 7.59. The van der Waals surface area contributed by atoms with Gasteiger partial charge in [0.25, 0.3) is 0 Å². The molecule has 5 heteroatoms. The Hall–Kier alpha value is -1.91. The number of hydrogen-bond donors (Lipinski definition) is 1. The number of nitrogen functional groups attached to an aromatic ring is 1. The van der Waals surface area contributed by atoms with Gasteiger partial charge in [0.15, 0.2) is 0 Å². The molecule has 0 amide bonds. The van der Waals surface area contributed by atoms with Gasteiger partial charge in [-0.25, -0.2) is 4.39 Å². The van der Waals surface area contributed by atoms with E-state index in [1.165, 1.54) is 12.3 Å². The van der Waals surface area contributed by atoms with Crippen LogP contribution < -0.4 is 5.73 Å². The fraction of sp³-hybridized carbons (Fsp3) is 0.273. The van der Waals surface area contributed by atoms with Gasteiger partial charge in [-0.2, -0.15) is 0 Å². The molecule has 0 spiro atoms. The molecule has 0 saturated carbocycles. The summed E-state index contributed by atoms with van der Waals surface area (Å²) in [5, 5.41) is 3.84. The van der Waals surface area contributed by atoms with Crippen molar-refractivity contribution in [2.75, 3.05) is 5.73 Å². The lowest BCUT2D eigenvalue weighted by Crippen LogP contribution is -1.95. The van der Waals surface area contributed by atoms with Gasteiger partial charge in [0.1, 0.15) is 11.5 Å². The molecule has 0 atom stereocenters. The van der Waals surface area contributed by atoms with Gasteiger partial charge in [-0.15, -0.1) is 0 Å². The molecule has 0 unspecified atom stereocenters. The third-order valence-electron chi connectivity index (χ3n) is 2.31. The van der Waals surface area contributed by atoms with Crippen LogP contribution in [0.5, 0.6) is 0 Å². The normalized spacial score (nSPS) is 11.0. The zero-order valence-corrected chi connectivity index (χ0v) is 9.07. The Bertz CT molecular complexity index is 508. The van der Waals surface area contributed by atoms with Gasteiger partial charge < -0.3 is 10.3 Å². The van der Waals surface area contributed by atoms with Crippen molar-refractivity contribution in [2.45, 2.75) is 19.8 Å². The third kappa shape index (κ3) is 1.76. The van der Waals surface area contributed by atoms with Crippen LogP contribution in [0.15, 0.2) is 23.0 Å². The van der Waals surface area contributed by atoms with Crippen molar-refractivity contribution in [2.24, 2.45) is 0 Å². The first kappa shape index (κ1) is 10.6. The zero-order valence-electron chi connectivity index (χ0n) is 9.07. The summed E-state index contributed by atoms with van der Waals surface area (Å²) < 4.78 is 18.0. The highest BCUT2D eigenvalue weighted by Crippen LogP contribution is 2.32. The van der Waals surface area contributed by atoms with Crippen LogP contribution in [0.2, 0.25) is 0 Å². The van der Waals surface area contributed by atoms with Gasteiger partial charge in [0.2, 0.25) is 5.88 Å². The fourth-order valence-corrected chi connectivity index (χ4v) is 1.62. The maximum Gasteiger partial charge on any atom is 0.226 e. The number of pyridine rings is 1. The number of nitrogens with zero attached hydrogens (tertiary/aromatic N) is 2. The molecular weight excluding hydrogens is 209 g/mol. The largest absolute Gasteiger partial charge is 0.367 e. The number of hydrogen-bond acceptors (Lipinski definition) is 4. The van der Waals surface area contributed by atoms with Crippen LogP contribution in [0.4, 0.5) is 10.3 Å². The van der Waals surface area contributed by atoms with Gasteiger partial charge >= 0.3 is 0 Å². The van der Waals surface area contributed by atoms with Crippen molar-refractivity contribution >= 4 is 5.88 Å². The third-order valence-corrected chi connectivity index (χ3v) is 2.31. The molecule has 0 bridgehead atoms. The summed E-state index contributed by atoms with van der Waals surface area (Å²) >= 11 is 0. The van der Waals surface area contributed by atoms with Crippen LogP contribution in [0.3, 0.4) is 0 Å². The van der Waals surface area contributed by atoms with Gasteiger partial charge in [0, 0.05) is 17.3 Å². The molecule has 4 nitrogen and oxygen atoms in total. The summed E-state index contributed by atoms with van der Waals surface area (Å²) in [6.45, 7) is 3.94. The van der Waals surface area contributed by atoms with E-state index in [1.54, 1.807) is 0 Å². The van der Waals surface area contributed by atoms with Crippen LogP contribution in [0.25, 0.3) is 11.3 Å². The number of anilines is 1. The summed E-state index contributed by atoms with van der Waals surface area (Å²) in [5.74, 6) is 0.0209. The molecule has 2 rings (SSSR count). The van der Waals surface area contributed by atoms with E-state index >= 15 is 0 Å². The van der Waals surface area contributed by atoms with E-state index in [0.29, 0.717) is 11.3 Å². The molecule has 0 radical (unpaired) electrons. The predicted octanol–water partition coefficient (Wildman–Crippen LogP) is 2.58. The Morgan fingerprint density at radius 2 is 2.12 bits per heavy atom. The summed E-state index contributed by atoms with van der Waals surface area (Å²) in [4.78, 5) is 3.77. The lowest BCUT2D eigenvalue weighted by atomic mass is 10.00. The summed E-state index contributed by atoms with van der Waals surface area (Å²) in [7, 11) is 0. The standard InChI is InChI=1S/C11H12FN3O/c1-6(2)9-10(15-16-11(9)13)7-3-8(12)5-14-4-7/h3-6H,13H2,1-2H3. The molecule has 84 valence electrons. The molecular formula is C11H12FN3O.